The Morgan fingerprint density at radius 2 is 1.89 bits per heavy atom. The van der Waals surface area contributed by atoms with Gasteiger partial charge < -0.3 is 10.4 Å². The highest BCUT2D eigenvalue weighted by atomic mass is 16.4. The molecule has 4 atom stereocenters. The van der Waals surface area contributed by atoms with Gasteiger partial charge in [0.25, 0.3) is 0 Å². The van der Waals surface area contributed by atoms with E-state index in [1.807, 2.05) is 0 Å². The lowest BCUT2D eigenvalue weighted by molar-refractivity contribution is -0.137. The molecule has 0 aliphatic heterocycles. The molecule has 0 amide bonds. The number of carboxylic acid groups (broad SMARTS) is 1. The highest BCUT2D eigenvalue weighted by molar-refractivity contribution is 5.66. The predicted octanol–water partition coefficient (Wildman–Crippen LogP) is 4.95. The lowest BCUT2D eigenvalue weighted by Crippen LogP contribution is -2.30. The second-order valence-corrected chi connectivity index (χ2v) is 8.41. The van der Waals surface area contributed by atoms with Gasteiger partial charge in [0.05, 0.1) is 0 Å². The molecule has 0 aromatic heterocycles. The second-order valence-electron chi connectivity index (χ2n) is 8.41. The van der Waals surface area contributed by atoms with E-state index in [1.54, 1.807) is 0 Å². The first-order chi connectivity index (χ1) is 13.0. The second kappa shape index (κ2) is 8.88. The van der Waals surface area contributed by atoms with Gasteiger partial charge in [-0.3, -0.25) is 4.79 Å². The molecular formula is C24H33NO2. The Morgan fingerprint density at radius 3 is 2.59 bits per heavy atom. The summed E-state index contributed by atoms with van der Waals surface area (Å²) >= 11 is 0. The maximum atomic E-state index is 10.6. The molecule has 2 aliphatic carbocycles. The minimum atomic E-state index is -0.699. The van der Waals surface area contributed by atoms with Crippen molar-refractivity contribution in [3.63, 3.8) is 0 Å². The molecular weight excluding hydrogens is 334 g/mol. The third-order valence-corrected chi connectivity index (χ3v) is 6.33. The van der Waals surface area contributed by atoms with Crippen LogP contribution in [0.2, 0.25) is 0 Å². The largest absolute Gasteiger partial charge is 0.481 e. The zero-order valence-corrected chi connectivity index (χ0v) is 16.9. The number of rotatable bonds is 9. The van der Waals surface area contributed by atoms with E-state index in [4.69, 9.17) is 5.11 Å². The number of fused-ring (bicyclic) bond motifs is 2. The van der Waals surface area contributed by atoms with Gasteiger partial charge in [0.1, 0.15) is 0 Å². The lowest BCUT2D eigenvalue weighted by Gasteiger charge is -2.26. The Kier molecular flexibility index (Phi) is 6.54. The number of aryl methyl sites for hydroxylation is 3. The van der Waals surface area contributed by atoms with Crippen molar-refractivity contribution in [2.45, 2.75) is 53.0 Å². The van der Waals surface area contributed by atoms with E-state index in [2.05, 4.69) is 62.5 Å². The van der Waals surface area contributed by atoms with Crippen LogP contribution in [0.15, 0.2) is 36.4 Å². The summed E-state index contributed by atoms with van der Waals surface area (Å²) in [6, 6.07) is 4.54. The normalized spacial score (nSPS) is 26.3. The number of unbranched alkanes of at least 4 members (excludes halogenated alkanes) is 1. The van der Waals surface area contributed by atoms with Gasteiger partial charge in [0.2, 0.25) is 0 Å². The molecule has 0 radical (unpaired) electrons. The summed E-state index contributed by atoms with van der Waals surface area (Å²) in [5.41, 5.74) is 5.52. The zero-order valence-electron chi connectivity index (χ0n) is 16.9. The van der Waals surface area contributed by atoms with E-state index < -0.39 is 5.97 Å². The van der Waals surface area contributed by atoms with Crippen LogP contribution < -0.4 is 5.32 Å². The molecule has 3 heteroatoms. The van der Waals surface area contributed by atoms with Crippen LogP contribution >= 0.6 is 0 Å². The Hall–Kier alpha value is -1.87. The van der Waals surface area contributed by atoms with E-state index in [0.717, 1.165) is 25.9 Å². The molecule has 1 saturated carbocycles. The SMILES string of the molecule is Cc1cc(C)c(CNC[C@@H]2[C@@H](/C=C\CCCC(=O)O)[C@@H]3C=C[C@H]2C3)c(C)c1. The molecule has 27 heavy (non-hydrogen) atoms. The maximum Gasteiger partial charge on any atom is 0.303 e. The molecule has 1 aromatic rings. The minimum absolute atomic E-state index is 0.265. The average molecular weight is 368 g/mol. The number of benzene rings is 1. The number of carboxylic acids is 1. The third-order valence-electron chi connectivity index (χ3n) is 6.33. The lowest BCUT2D eigenvalue weighted by atomic mass is 9.82. The molecule has 3 nitrogen and oxygen atoms in total. The van der Waals surface area contributed by atoms with Gasteiger partial charge in [-0.05, 0) is 86.9 Å². The molecule has 2 bridgehead atoms. The first kappa shape index (κ1) is 19.9. The molecule has 1 fully saturated rings. The summed E-state index contributed by atoms with van der Waals surface area (Å²) in [5.74, 6) is 1.91. The Balaban J connectivity index is 1.54. The molecule has 2 N–H and O–H groups in total. The van der Waals surface area contributed by atoms with E-state index in [-0.39, 0.29) is 6.42 Å². The van der Waals surface area contributed by atoms with Crippen LogP contribution in [0.25, 0.3) is 0 Å². The van der Waals surface area contributed by atoms with Crippen LogP contribution in [0.4, 0.5) is 0 Å². The van der Waals surface area contributed by atoms with Gasteiger partial charge >= 0.3 is 5.97 Å². The standard InChI is InChI=1S/C24H33NO2/c1-16-11-17(2)22(18(3)12-16)14-25-15-23-20-10-9-19(13-20)21(23)7-5-4-6-8-24(26)27/h5,7,9-12,19-21,23,25H,4,6,8,13-15H2,1-3H3,(H,26,27)/b7-5-/t19-,20+,21+,23+/m1/s1. The number of aliphatic carboxylic acids is 1. The summed E-state index contributed by atoms with van der Waals surface area (Å²) in [7, 11) is 0. The molecule has 0 unspecified atom stereocenters. The summed E-state index contributed by atoms with van der Waals surface area (Å²) in [6.45, 7) is 8.55. The van der Waals surface area contributed by atoms with Crippen LogP contribution in [0.3, 0.4) is 0 Å². The van der Waals surface area contributed by atoms with Gasteiger partial charge in [-0.2, -0.15) is 0 Å². The fourth-order valence-electron chi connectivity index (χ4n) is 5.01. The fourth-order valence-corrected chi connectivity index (χ4v) is 5.01. The molecule has 3 rings (SSSR count). The highest BCUT2D eigenvalue weighted by Gasteiger charge is 2.42. The van der Waals surface area contributed by atoms with Crippen molar-refractivity contribution < 1.29 is 9.90 Å². The highest BCUT2D eigenvalue weighted by Crippen LogP contribution is 2.48. The molecule has 0 saturated heterocycles. The van der Waals surface area contributed by atoms with Crippen molar-refractivity contribution >= 4 is 5.97 Å². The molecule has 2 aliphatic rings. The monoisotopic (exact) mass is 367 g/mol. The van der Waals surface area contributed by atoms with Crippen LogP contribution in [0.5, 0.6) is 0 Å². The van der Waals surface area contributed by atoms with Gasteiger partial charge in [0, 0.05) is 13.0 Å². The van der Waals surface area contributed by atoms with E-state index in [9.17, 15) is 4.79 Å². The number of carbonyl (C=O) groups is 1. The van der Waals surface area contributed by atoms with E-state index in [0.29, 0.717) is 23.7 Å². The molecule has 0 heterocycles. The Morgan fingerprint density at radius 1 is 1.19 bits per heavy atom. The van der Waals surface area contributed by atoms with Crippen molar-refractivity contribution in [2.75, 3.05) is 6.54 Å². The summed E-state index contributed by atoms with van der Waals surface area (Å²) in [6.07, 6.45) is 12.5. The van der Waals surface area contributed by atoms with Crippen LogP contribution in [0.1, 0.15) is 47.9 Å². The van der Waals surface area contributed by atoms with Crippen molar-refractivity contribution in [3.05, 3.63) is 58.7 Å². The van der Waals surface area contributed by atoms with E-state index >= 15 is 0 Å². The van der Waals surface area contributed by atoms with Crippen molar-refractivity contribution in [1.82, 2.24) is 5.32 Å². The number of nitrogens with one attached hydrogen (secondary N) is 1. The van der Waals surface area contributed by atoms with Gasteiger partial charge in [-0.15, -0.1) is 0 Å². The summed E-state index contributed by atoms with van der Waals surface area (Å²) in [5, 5.41) is 12.5. The van der Waals surface area contributed by atoms with Crippen molar-refractivity contribution in [2.24, 2.45) is 23.7 Å². The average Bonchev–Trinajstić information content (AvgIpc) is 3.18. The fraction of sp³-hybridized carbons (Fsp3) is 0.542. The number of hydrogen-bond acceptors (Lipinski definition) is 2. The van der Waals surface area contributed by atoms with Crippen LogP contribution in [-0.4, -0.2) is 17.6 Å². The Labute approximate surface area is 163 Å². The number of hydrogen-bond donors (Lipinski definition) is 2. The number of allylic oxidation sites excluding steroid dienone is 4. The topological polar surface area (TPSA) is 49.3 Å². The maximum absolute atomic E-state index is 10.6. The van der Waals surface area contributed by atoms with Gasteiger partial charge in [-0.1, -0.05) is 42.0 Å². The van der Waals surface area contributed by atoms with Gasteiger partial charge in [0.15, 0.2) is 0 Å². The van der Waals surface area contributed by atoms with Crippen molar-refractivity contribution in [3.8, 4) is 0 Å². The first-order valence-electron chi connectivity index (χ1n) is 10.3. The summed E-state index contributed by atoms with van der Waals surface area (Å²) < 4.78 is 0. The zero-order chi connectivity index (χ0) is 19.4. The van der Waals surface area contributed by atoms with E-state index in [1.165, 1.54) is 28.7 Å². The third kappa shape index (κ3) is 4.90. The smallest absolute Gasteiger partial charge is 0.303 e. The molecule has 1 aromatic carbocycles. The van der Waals surface area contributed by atoms with Crippen LogP contribution in [-0.2, 0) is 11.3 Å². The van der Waals surface area contributed by atoms with Crippen LogP contribution in [0, 0.1) is 44.4 Å². The Bertz CT molecular complexity index is 711. The predicted molar refractivity (Wildman–Crippen MR) is 111 cm³/mol. The quantitative estimate of drug-likeness (QED) is 0.479. The molecule has 0 spiro atoms. The minimum Gasteiger partial charge on any atom is -0.481 e. The molecule has 146 valence electrons. The summed E-state index contributed by atoms with van der Waals surface area (Å²) in [4.78, 5) is 10.6. The van der Waals surface area contributed by atoms with Gasteiger partial charge in [-0.25, -0.2) is 0 Å². The first-order valence-corrected chi connectivity index (χ1v) is 10.3. The van der Waals surface area contributed by atoms with Crippen molar-refractivity contribution in [1.29, 1.82) is 0 Å².